The Bertz CT molecular complexity index is 592. The molecule has 1 aliphatic rings. The van der Waals surface area contributed by atoms with Gasteiger partial charge in [-0.05, 0) is 18.2 Å². The van der Waals surface area contributed by atoms with Gasteiger partial charge in [0.15, 0.2) is 0 Å². The zero-order chi connectivity index (χ0) is 12.4. The van der Waals surface area contributed by atoms with Crippen molar-refractivity contribution >= 4 is 11.4 Å². The molecule has 0 saturated heterocycles. The van der Waals surface area contributed by atoms with E-state index < -0.39 is 0 Å². The summed E-state index contributed by atoms with van der Waals surface area (Å²) in [5.74, 6) is 1.40. The first-order chi connectivity index (χ1) is 8.88. The van der Waals surface area contributed by atoms with Crippen molar-refractivity contribution in [2.75, 3.05) is 19.0 Å². The van der Waals surface area contributed by atoms with Crippen LogP contribution in [0.2, 0.25) is 0 Å². The molecule has 5 heteroatoms. The van der Waals surface area contributed by atoms with Gasteiger partial charge in [0.1, 0.15) is 5.82 Å². The molecule has 3 heterocycles. The first-order valence-electron chi connectivity index (χ1n) is 5.66. The molecule has 0 aromatic carbocycles. The molecular weight excluding hydrogens is 228 g/mol. The summed E-state index contributed by atoms with van der Waals surface area (Å²) >= 11 is 0. The summed E-state index contributed by atoms with van der Waals surface area (Å²) in [6.45, 7) is 0.743. The Morgan fingerprint density at radius 1 is 1.22 bits per heavy atom. The number of nitrogens with one attached hydrogen (secondary N) is 1. The maximum absolute atomic E-state index is 5.01. The molecule has 3 rings (SSSR count). The molecule has 1 N–H and O–H groups in total. The van der Waals surface area contributed by atoms with Crippen molar-refractivity contribution < 1.29 is 4.74 Å². The van der Waals surface area contributed by atoms with E-state index in [-0.39, 0.29) is 0 Å². The fraction of sp³-hybridized carbons (Fsp3) is 0.154. The van der Waals surface area contributed by atoms with Crippen LogP contribution in [0.1, 0.15) is 11.3 Å². The number of hydrogen-bond acceptors (Lipinski definition) is 5. The van der Waals surface area contributed by atoms with Crippen LogP contribution >= 0.6 is 0 Å². The fourth-order valence-electron chi connectivity index (χ4n) is 1.94. The molecular formula is C13H12N4O. The molecule has 0 fully saturated rings. The number of hydrogen-bond donors (Lipinski definition) is 1. The molecule has 0 atom stereocenters. The summed E-state index contributed by atoms with van der Waals surface area (Å²) in [4.78, 5) is 4.30. The third kappa shape index (κ3) is 1.79. The summed E-state index contributed by atoms with van der Waals surface area (Å²) in [6.07, 6.45) is 3.86. The summed E-state index contributed by atoms with van der Waals surface area (Å²) < 4.78 is 5.01. The molecule has 5 nitrogen and oxygen atoms in total. The highest BCUT2D eigenvalue weighted by Gasteiger charge is 2.15. The molecule has 0 saturated carbocycles. The number of nitrogens with zero attached hydrogens (tertiary/aromatic N) is 3. The Labute approximate surface area is 105 Å². The van der Waals surface area contributed by atoms with Crippen molar-refractivity contribution in [2.45, 2.75) is 0 Å². The zero-order valence-electron chi connectivity index (χ0n) is 9.92. The van der Waals surface area contributed by atoms with Gasteiger partial charge in [-0.2, -0.15) is 0 Å². The van der Waals surface area contributed by atoms with E-state index >= 15 is 0 Å². The highest BCUT2D eigenvalue weighted by molar-refractivity contribution is 5.85. The molecule has 90 valence electrons. The highest BCUT2D eigenvalue weighted by atomic mass is 16.5. The summed E-state index contributed by atoms with van der Waals surface area (Å²) in [5.41, 5.74) is 2.92. The van der Waals surface area contributed by atoms with Gasteiger partial charge in [-0.25, -0.2) is 4.98 Å². The Balaban J connectivity index is 2.03. The number of rotatable bonds is 2. The van der Waals surface area contributed by atoms with Crippen molar-refractivity contribution in [1.29, 1.82) is 0 Å². The van der Waals surface area contributed by atoms with E-state index in [1.54, 1.807) is 19.4 Å². The van der Waals surface area contributed by atoms with E-state index in [1.807, 2.05) is 18.2 Å². The monoisotopic (exact) mass is 240 g/mol. The molecule has 0 amide bonds. The predicted molar refractivity (Wildman–Crippen MR) is 68.4 cm³/mol. The number of anilines is 1. The molecule has 0 bridgehead atoms. The average molecular weight is 240 g/mol. The third-order valence-electron chi connectivity index (χ3n) is 2.80. The van der Waals surface area contributed by atoms with Gasteiger partial charge in [0.2, 0.25) is 5.88 Å². The van der Waals surface area contributed by atoms with Crippen LogP contribution in [0, 0.1) is 0 Å². The van der Waals surface area contributed by atoms with E-state index in [0.29, 0.717) is 5.88 Å². The highest BCUT2D eigenvalue weighted by Crippen LogP contribution is 2.29. The lowest BCUT2D eigenvalue weighted by Gasteiger charge is -2.17. The second kappa shape index (κ2) is 4.44. The van der Waals surface area contributed by atoms with Crippen LogP contribution in [-0.2, 0) is 0 Å². The van der Waals surface area contributed by atoms with Crippen molar-refractivity contribution in [3.63, 3.8) is 0 Å². The minimum absolute atomic E-state index is 0.514. The van der Waals surface area contributed by atoms with Gasteiger partial charge in [0.25, 0.3) is 0 Å². The maximum Gasteiger partial charge on any atom is 0.233 e. The molecule has 0 radical (unpaired) electrons. The standard InChI is InChI=1S/C13H12N4O/c1-18-12-5-4-11(16-17-12)9-6-8-15-13-10(9)3-2-7-14-13/h2-7H,8H2,1H3,(H,14,15). The Morgan fingerprint density at radius 2 is 2.17 bits per heavy atom. The number of aromatic nitrogens is 3. The Hall–Kier alpha value is -2.43. The van der Waals surface area contributed by atoms with Gasteiger partial charge in [-0.3, -0.25) is 0 Å². The minimum Gasteiger partial charge on any atom is -0.480 e. The molecule has 2 aromatic rings. The van der Waals surface area contributed by atoms with E-state index in [9.17, 15) is 0 Å². The van der Waals surface area contributed by atoms with Crippen LogP contribution < -0.4 is 10.1 Å². The smallest absolute Gasteiger partial charge is 0.233 e. The van der Waals surface area contributed by atoms with E-state index in [4.69, 9.17) is 4.74 Å². The lowest BCUT2D eigenvalue weighted by atomic mass is 10.0. The van der Waals surface area contributed by atoms with Crippen LogP contribution in [0.5, 0.6) is 5.88 Å². The third-order valence-corrected chi connectivity index (χ3v) is 2.80. The number of fused-ring (bicyclic) bond motifs is 1. The number of pyridine rings is 1. The molecule has 1 aliphatic heterocycles. The SMILES string of the molecule is COc1ccc(C2=CCNc3ncccc32)nn1. The first-order valence-corrected chi connectivity index (χ1v) is 5.66. The molecule has 0 unspecified atom stereocenters. The predicted octanol–water partition coefficient (Wildman–Crippen LogP) is 1.74. The topological polar surface area (TPSA) is 59.9 Å². The molecule has 18 heavy (non-hydrogen) atoms. The van der Waals surface area contributed by atoms with Gasteiger partial charge >= 0.3 is 0 Å². The van der Waals surface area contributed by atoms with Crippen LogP contribution in [0.4, 0.5) is 5.82 Å². The van der Waals surface area contributed by atoms with Crippen molar-refractivity contribution in [3.8, 4) is 5.88 Å². The van der Waals surface area contributed by atoms with Gasteiger partial charge in [-0.15, -0.1) is 10.2 Å². The van der Waals surface area contributed by atoms with E-state index in [2.05, 4.69) is 26.6 Å². The normalized spacial score (nSPS) is 13.3. The number of methoxy groups -OCH3 is 1. The van der Waals surface area contributed by atoms with Crippen molar-refractivity contribution in [2.24, 2.45) is 0 Å². The average Bonchev–Trinajstić information content (AvgIpc) is 2.47. The Morgan fingerprint density at radius 3 is 2.94 bits per heavy atom. The maximum atomic E-state index is 5.01. The van der Waals surface area contributed by atoms with E-state index in [0.717, 1.165) is 29.2 Å². The molecule has 0 spiro atoms. The molecule has 0 aliphatic carbocycles. The fourth-order valence-corrected chi connectivity index (χ4v) is 1.94. The van der Waals surface area contributed by atoms with Gasteiger partial charge in [-0.1, -0.05) is 6.08 Å². The largest absolute Gasteiger partial charge is 0.480 e. The molecule has 2 aromatic heterocycles. The number of ether oxygens (including phenoxy) is 1. The quantitative estimate of drug-likeness (QED) is 0.866. The van der Waals surface area contributed by atoms with Gasteiger partial charge < -0.3 is 10.1 Å². The van der Waals surface area contributed by atoms with Gasteiger partial charge in [0, 0.05) is 29.9 Å². The summed E-state index contributed by atoms with van der Waals surface area (Å²) in [5, 5.41) is 11.4. The van der Waals surface area contributed by atoms with Crippen molar-refractivity contribution in [1.82, 2.24) is 15.2 Å². The van der Waals surface area contributed by atoms with Gasteiger partial charge in [0.05, 0.1) is 12.8 Å². The second-order valence-corrected chi connectivity index (χ2v) is 3.86. The van der Waals surface area contributed by atoms with Crippen LogP contribution in [0.25, 0.3) is 5.57 Å². The summed E-state index contributed by atoms with van der Waals surface area (Å²) in [6, 6.07) is 7.64. The lowest BCUT2D eigenvalue weighted by Crippen LogP contribution is -2.11. The van der Waals surface area contributed by atoms with Crippen LogP contribution in [0.15, 0.2) is 36.5 Å². The lowest BCUT2D eigenvalue weighted by molar-refractivity contribution is 0.391. The van der Waals surface area contributed by atoms with Crippen molar-refractivity contribution in [3.05, 3.63) is 47.8 Å². The Kier molecular flexibility index (Phi) is 2.64. The van der Waals surface area contributed by atoms with Crippen LogP contribution in [0.3, 0.4) is 0 Å². The van der Waals surface area contributed by atoms with E-state index in [1.165, 1.54) is 0 Å². The van der Waals surface area contributed by atoms with Crippen LogP contribution in [-0.4, -0.2) is 28.8 Å². The summed E-state index contributed by atoms with van der Waals surface area (Å²) in [7, 11) is 1.58. The minimum atomic E-state index is 0.514. The first kappa shape index (κ1) is 10.7. The zero-order valence-corrected chi connectivity index (χ0v) is 9.92. The second-order valence-electron chi connectivity index (χ2n) is 3.86.